The number of carbonyl (C=O) groups excluding carboxylic acids is 1. The van der Waals surface area contributed by atoms with Crippen molar-refractivity contribution in [1.29, 1.82) is 0 Å². The fourth-order valence-corrected chi connectivity index (χ4v) is 7.16. The van der Waals surface area contributed by atoms with Gasteiger partial charge in [-0.15, -0.1) is 0 Å². The molecule has 5 heteroatoms. The Hall–Kier alpha value is -1.62. The van der Waals surface area contributed by atoms with Crippen LogP contribution in [0.25, 0.3) is 11.0 Å². The minimum atomic E-state index is -0.404. The Morgan fingerprint density at radius 1 is 1.12 bits per heavy atom. The van der Waals surface area contributed by atoms with Crippen LogP contribution in [0.4, 0.5) is 0 Å². The molecule has 0 N–H and O–H groups in total. The van der Waals surface area contributed by atoms with Crippen molar-refractivity contribution < 1.29 is 13.9 Å². The van der Waals surface area contributed by atoms with Gasteiger partial charge in [-0.3, -0.25) is 4.79 Å². The van der Waals surface area contributed by atoms with Crippen LogP contribution in [0.15, 0.2) is 39.5 Å². The number of fused-ring (bicyclic) bond motifs is 1. The molecule has 130 valence electrons. The first-order valence-electron chi connectivity index (χ1n) is 8.88. The van der Waals surface area contributed by atoms with Crippen LogP contribution in [0.5, 0.6) is 5.75 Å². The van der Waals surface area contributed by atoms with Gasteiger partial charge in [0.15, 0.2) is 0 Å². The van der Waals surface area contributed by atoms with Crippen molar-refractivity contribution in [3.8, 4) is 5.75 Å². The second-order valence-corrected chi connectivity index (χ2v) is 9.92. The molecule has 4 bridgehead atoms. The van der Waals surface area contributed by atoms with Crippen LogP contribution >= 0.6 is 15.9 Å². The van der Waals surface area contributed by atoms with E-state index in [2.05, 4.69) is 15.9 Å². The van der Waals surface area contributed by atoms with Crippen LogP contribution < -0.4 is 10.4 Å². The fourth-order valence-electron chi connectivity index (χ4n) is 5.71. The summed E-state index contributed by atoms with van der Waals surface area (Å²) in [5, 5.41) is 0.814. The second-order valence-electron chi connectivity index (χ2n) is 8.24. The minimum absolute atomic E-state index is 0.117. The zero-order valence-electron chi connectivity index (χ0n) is 13.8. The van der Waals surface area contributed by atoms with Crippen LogP contribution in [0, 0.1) is 17.3 Å². The minimum Gasteiger partial charge on any atom is -0.426 e. The lowest BCUT2D eigenvalue weighted by Gasteiger charge is -2.58. The van der Waals surface area contributed by atoms with Gasteiger partial charge in [-0.25, -0.2) is 4.79 Å². The summed E-state index contributed by atoms with van der Waals surface area (Å²) in [6.07, 6.45) is 6.37. The highest BCUT2D eigenvalue weighted by Gasteiger charge is 2.60. The standard InChI is InChI=1S/C20H19BrO4/c21-20-9-12-5-13(10-20)8-19(7-12,11-20)18(23)24-15-3-1-14-2-4-17(22)25-16(14)6-15/h1-4,6,12-13H,5,7-11H2/t12-,13-,19?,20?/m0/s1. The van der Waals surface area contributed by atoms with Crippen LogP contribution in [-0.2, 0) is 4.79 Å². The first-order chi connectivity index (χ1) is 11.9. The van der Waals surface area contributed by atoms with Crippen LogP contribution in [-0.4, -0.2) is 10.3 Å². The number of rotatable bonds is 2. The quantitative estimate of drug-likeness (QED) is 0.322. The summed E-state index contributed by atoms with van der Waals surface area (Å²) in [4.78, 5) is 24.5. The number of ether oxygens (including phenoxy) is 1. The van der Waals surface area contributed by atoms with Crippen molar-refractivity contribution in [2.75, 3.05) is 0 Å². The molecule has 0 saturated heterocycles. The van der Waals surface area contributed by atoms with Gasteiger partial charge in [-0.1, -0.05) is 15.9 Å². The molecule has 4 aliphatic carbocycles. The van der Waals surface area contributed by atoms with E-state index in [1.807, 2.05) is 6.07 Å². The molecule has 25 heavy (non-hydrogen) atoms. The third kappa shape index (κ3) is 2.55. The molecule has 4 saturated carbocycles. The van der Waals surface area contributed by atoms with Gasteiger partial charge in [-0.2, -0.15) is 0 Å². The lowest BCUT2D eigenvalue weighted by atomic mass is 9.49. The number of benzene rings is 1. The zero-order valence-corrected chi connectivity index (χ0v) is 15.4. The Balaban J connectivity index is 1.44. The van der Waals surface area contributed by atoms with E-state index in [0.29, 0.717) is 23.2 Å². The van der Waals surface area contributed by atoms with E-state index >= 15 is 0 Å². The Labute approximate surface area is 153 Å². The van der Waals surface area contributed by atoms with Crippen molar-refractivity contribution in [2.24, 2.45) is 17.3 Å². The lowest BCUT2D eigenvalue weighted by molar-refractivity contribution is -0.159. The SMILES string of the molecule is O=C(Oc1ccc2ccc(=O)oc2c1)C12C[C@@H]3C[C@H](CC(Br)(C3)C1)C2. The van der Waals surface area contributed by atoms with Crippen molar-refractivity contribution >= 4 is 32.9 Å². The second kappa shape index (κ2) is 5.19. The highest BCUT2D eigenvalue weighted by atomic mass is 79.9. The highest BCUT2D eigenvalue weighted by Crippen LogP contribution is 2.64. The number of carbonyl (C=O) groups is 1. The molecule has 0 amide bonds. The molecule has 1 heterocycles. The van der Waals surface area contributed by atoms with E-state index in [0.717, 1.165) is 24.6 Å². The monoisotopic (exact) mass is 402 g/mol. The molecule has 0 aliphatic heterocycles. The van der Waals surface area contributed by atoms with Gasteiger partial charge < -0.3 is 9.15 Å². The number of esters is 1. The molecule has 2 atom stereocenters. The molecule has 0 spiro atoms. The van der Waals surface area contributed by atoms with Gasteiger partial charge in [0.2, 0.25) is 0 Å². The first kappa shape index (κ1) is 15.6. The molecule has 0 radical (unpaired) electrons. The predicted molar refractivity (Wildman–Crippen MR) is 96.9 cm³/mol. The van der Waals surface area contributed by atoms with Crippen LogP contribution in [0.3, 0.4) is 0 Å². The summed E-state index contributed by atoms with van der Waals surface area (Å²) >= 11 is 3.93. The van der Waals surface area contributed by atoms with E-state index in [-0.39, 0.29) is 15.7 Å². The number of hydrogen-bond donors (Lipinski definition) is 0. The molecule has 1 aromatic heterocycles. The molecular formula is C20H19BrO4. The van der Waals surface area contributed by atoms with Gasteiger partial charge in [0, 0.05) is 21.8 Å². The lowest BCUT2D eigenvalue weighted by Crippen LogP contribution is -2.56. The van der Waals surface area contributed by atoms with E-state index in [4.69, 9.17) is 9.15 Å². The molecule has 0 unspecified atom stereocenters. The molecular weight excluding hydrogens is 384 g/mol. The highest BCUT2D eigenvalue weighted by molar-refractivity contribution is 9.10. The topological polar surface area (TPSA) is 56.5 Å². The number of alkyl halides is 1. The molecule has 4 nitrogen and oxygen atoms in total. The van der Waals surface area contributed by atoms with Gasteiger partial charge >= 0.3 is 11.6 Å². The van der Waals surface area contributed by atoms with E-state index in [1.165, 1.54) is 25.3 Å². The normalized spacial score (nSPS) is 35.9. The maximum atomic E-state index is 13.1. The van der Waals surface area contributed by atoms with Crippen molar-refractivity contribution in [3.63, 3.8) is 0 Å². The van der Waals surface area contributed by atoms with Crippen molar-refractivity contribution in [1.82, 2.24) is 0 Å². The Morgan fingerprint density at radius 2 is 1.84 bits per heavy atom. The molecule has 2 aromatic rings. The van der Waals surface area contributed by atoms with Gasteiger partial charge in [-0.05, 0) is 68.6 Å². The molecule has 4 fully saturated rings. The third-order valence-corrected chi connectivity index (χ3v) is 7.16. The summed E-state index contributed by atoms with van der Waals surface area (Å²) in [6.45, 7) is 0. The molecule has 6 rings (SSSR count). The Morgan fingerprint density at radius 3 is 2.56 bits per heavy atom. The predicted octanol–water partition coefficient (Wildman–Crippen LogP) is 4.43. The summed E-state index contributed by atoms with van der Waals surface area (Å²) in [6, 6.07) is 8.32. The maximum absolute atomic E-state index is 13.1. The van der Waals surface area contributed by atoms with Crippen LogP contribution in [0.1, 0.15) is 38.5 Å². The molecule has 4 aliphatic rings. The zero-order chi connectivity index (χ0) is 17.2. The van der Waals surface area contributed by atoms with E-state index in [9.17, 15) is 9.59 Å². The summed E-state index contributed by atoms with van der Waals surface area (Å²) in [5.41, 5.74) is -0.321. The smallest absolute Gasteiger partial charge is 0.336 e. The molecule has 1 aromatic carbocycles. The summed E-state index contributed by atoms with van der Waals surface area (Å²) in [7, 11) is 0. The third-order valence-electron chi connectivity index (χ3n) is 6.23. The maximum Gasteiger partial charge on any atom is 0.336 e. The van der Waals surface area contributed by atoms with E-state index in [1.54, 1.807) is 18.2 Å². The Bertz CT molecular complexity index is 917. The Kier molecular flexibility index (Phi) is 3.25. The van der Waals surface area contributed by atoms with Gasteiger partial charge in [0.05, 0.1) is 5.41 Å². The van der Waals surface area contributed by atoms with Gasteiger partial charge in [0.25, 0.3) is 0 Å². The van der Waals surface area contributed by atoms with Crippen LogP contribution in [0.2, 0.25) is 0 Å². The van der Waals surface area contributed by atoms with Gasteiger partial charge in [0.1, 0.15) is 11.3 Å². The fraction of sp³-hybridized carbons (Fsp3) is 0.500. The first-order valence-corrected chi connectivity index (χ1v) is 9.68. The largest absolute Gasteiger partial charge is 0.426 e. The van der Waals surface area contributed by atoms with Crippen molar-refractivity contribution in [3.05, 3.63) is 40.8 Å². The number of halogens is 1. The average Bonchev–Trinajstić information content (AvgIpc) is 2.52. The van der Waals surface area contributed by atoms with Crippen molar-refractivity contribution in [2.45, 2.75) is 42.8 Å². The summed E-state index contributed by atoms with van der Waals surface area (Å²) < 4.78 is 11.1. The average molecular weight is 403 g/mol. The number of hydrogen-bond acceptors (Lipinski definition) is 4. The van der Waals surface area contributed by atoms with E-state index < -0.39 is 5.63 Å². The summed E-state index contributed by atoms with van der Waals surface area (Å²) in [5.74, 6) is 1.58.